The Labute approximate surface area is 161 Å². The van der Waals surface area contributed by atoms with E-state index < -0.39 is 6.09 Å². The van der Waals surface area contributed by atoms with E-state index in [2.05, 4.69) is 56.4 Å². The Hall–Kier alpha value is -2.49. The van der Waals surface area contributed by atoms with Gasteiger partial charge in [0.2, 0.25) is 0 Å². The fraction of sp³-hybridized carbons (Fsp3) is 0.435. The molecular formula is C23H29NO3. The van der Waals surface area contributed by atoms with Crippen molar-refractivity contribution in [3.63, 3.8) is 0 Å². The van der Waals surface area contributed by atoms with E-state index in [9.17, 15) is 9.90 Å². The van der Waals surface area contributed by atoms with Gasteiger partial charge in [0.05, 0.1) is 12.6 Å². The molecule has 0 saturated carbocycles. The highest BCUT2D eigenvalue weighted by Gasteiger charge is 2.37. The summed E-state index contributed by atoms with van der Waals surface area (Å²) in [6.45, 7) is 7.14. The van der Waals surface area contributed by atoms with E-state index in [1.165, 1.54) is 5.56 Å². The SMILES string of the molecule is CCCCOc1cccc(-c2ccc3c(c2)CCC(C)(C)[C@H]3NC(=O)O)c1. The number of fused-ring (bicyclic) bond motifs is 1. The van der Waals surface area contributed by atoms with Crippen LogP contribution in [0.25, 0.3) is 11.1 Å². The van der Waals surface area contributed by atoms with Crippen LogP contribution in [0.2, 0.25) is 0 Å². The molecule has 1 amide bonds. The molecule has 1 aliphatic rings. The van der Waals surface area contributed by atoms with E-state index in [0.29, 0.717) is 0 Å². The zero-order chi connectivity index (χ0) is 19.4. The molecule has 0 heterocycles. The van der Waals surface area contributed by atoms with Gasteiger partial charge < -0.3 is 15.2 Å². The minimum Gasteiger partial charge on any atom is -0.494 e. The molecule has 1 atom stereocenters. The van der Waals surface area contributed by atoms with Gasteiger partial charge in [-0.2, -0.15) is 0 Å². The highest BCUT2D eigenvalue weighted by molar-refractivity contribution is 5.68. The number of nitrogens with one attached hydrogen (secondary N) is 1. The van der Waals surface area contributed by atoms with Crippen LogP contribution in [0, 0.1) is 5.41 Å². The molecule has 3 rings (SSSR count). The van der Waals surface area contributed by atoms with E-state index in [0.717, 1.165) is 54.7 Å². The number of hydrogen-bond acceptors (Lipinski definition) is 2. The van der Waals surface area contributed by atoms with E-state index in [-0.39, 0.29) is 11.5 Å². The second-order valence-corrected chi connectivity index (χ2v) is 8.01. The summed E-state index contributed by atoms with van der Waals surface area (Å²) >= 11 is 0. The number of amides is 1. The van der Waals surface area contributed by atoms with Crippen LogP contribution in [0.15, 0.2) is 42.5 Å². The van der Waals surface area contributed by atoms with Crippen LogP contribution in [0.5, 0.6) is 5.75 Å². The van der Waals surface area contributed by atoms with Crippen LogP contribution < -0.4 is 10.1 Å². The number of hydrogen-bond donors (Lipinski definition) is 2. The Balaban J connectivity index is 1.88. The minimum absolute atomic E-state index is 0.0973. The van der Waals surface area contributed by atoms with Gasteiger partial charge in [-0.25, -0.2) is 4.79 Å². The number of carboxylic acid groups (broad SMARTS) is 1. The lowest BCUT2D eigenvalue weighted by molar-refractivity contribution is 0.161. The van der Waals surface area contributed by atoms with Gasteiger partial charge in [0.25, 0.3) is 0 Å². The summed E-state index contributed by atoms with van der Waals surface area (Å²) in [7, 11) is 0. The first kappa shape index (κ1) is 19.3. The third-order valence-corrected chi connectivity index (χ3v) is 5.48. The van der Waals surface area contributed by atoms with Gasteiger partial charge in [-0.15, -0.1) is 0 Å². The monoisotopic (exact) mass is 367 g/mol. The third kappa shape index (κ3) is 4.44. The predicted molar refractivity (Wildman–Crippen MR) is 108 cm³/mol. The largest absolute Gasteiger partial charge is 0.494 e. The summed E-state index contributed by atoms with van der Waals surface area (Å²) in [5, 5.41) is 12.0. The van der Waals surface area contributed by atoms with E-state index >= 15 is 0 Å². The summed E-state index contributed by atoms with van der Waals surface area (Å²) in [4.78, 5) is 11.3. The summed E-state index contributed by atoms with van der Waals surface area (Å²) in [6, 6.07) is 14.4. The highest BCUT2D eigenvalue weighted by Crippen LogP contribution is 2.44. The van der Waals surface area contributed by atoms with Crippen molar-refractivity contribution in [3.05, 3.63) is 53.6 Å². The lowest BCUT2D eigenvalue weighted by Crippen LogP contribution is -2.40. The lowest BCUT2D eigenvalue weighted by Gasteiger charge is -2.40. The maximum Gasteiger partial charge on any atom is 0.405 e. The maximum atomic E-state index is 11.3. The number of carbonyl (C=O) groups is 1. The first-order valence-electron chi connectivity index (χ1n) is 9.76. The van der Waals surface area contributed by atoms with Gasteiger partial charge in [-0.3, -0.25) is 0 Å². The molecule has 2 aromatic rings. The van der Waals surface area contributed by atoms with Crippen molar-refractivity contribution >= 4 is 6.09 Å². The van der Waals surface area contributed by atoms with Gasteiger partial charge in [-0.1, -0.05) is 57.5 Å². The van der Waals surface area contributed by atoms with Crippen LogP contribution in [0.4, 0.5) is 4.79 Å². The van der Waals surface area contributed by atoms with Gasteiger partial charge in [-0.05, 0) is 59.1 Å². The van der Waals surface area contributed by atoms with Crippen LogP contribution in [-0.2, 0) is 6.42 Å². The molecule has 0 bridgehead atoms. The summed E-state index contributed by atoms with van der Waals surface area (Å²) < 4.78 is 5.83. The van der Waals surface area contributed by atoms with Crippen LogP contribution >= 0.6 is 0 Å². The van der Waals surface area contributed by atoms with Gasteiger partial charge in [0, 0.05) is 0 Å². The van der Waals surface area contributed by atoms with Gasteiger partial charge in [0.15, 0.2) is 0 Å². The average Bonchev–Trinajstić information content (AvgIpc) is 2.64. The summed E-state index contributed by atoms with van der Waals surface area (Å²) in [5.74, 6) is 0.894. The molecule has 27 heavy (non-hydrogen) atoms. The second kappa shape index (κ2) is 8.03. The predicted octanol–water partition coefficient (Wildman–Crippen LogP) is 5.81. The smallest absolute Gasteiger partial charge is 0.405 e. The third-order valence-electron chi connectivity index (χ3n) is 5.48. The zero-order valence-corrected chi connectivity index (χ0v) is 16.4. The second-order valence-electron chi connectivity index (χ2n) is 8.01. The molecule has 0 radical (unpaired) electrons. The maximum absolute atomic E-state index is 11.3. The Morgan fingerprint density at radius 3 is 2.74 bits per heavy atom. The molecule has 4 nitrogen and oxygen atoms in total. The molecule has 2 aromatic carbocycles. The Bertz CT molecular complexity index is 813. The number of unbranched alkanes of at least 4 members (excludes halogenated alkanes) is 1. The molecule has 0 aliphatic heterocycles. The molecule has 0 fully saturated rings. The van der Waals surface area contributed by atoms with E-state index in [1.54, 1.807) is 0 Å². The van der Waals surface area contributed by atoms with Crippen molar-refractivity contribution < 1.29 is 14.6 Å². The first-order valence-corrected chi connectivity index (χ1v) is 9.76. The number of rotatable bonds is 6. The number of ether oxygens (including phenoxy) is 1. The lowest BCUT2D eigenvalue weighted by atomic mass is 9.70. The molecule has 1 aliphatic carbocycles. The fourth-order valence-electron chi connectivity index (χ4n) is 3.80. The van der Waals surface area contributed by atoms with Crippen molar-refractivity contribution in [2.45, 2.75) is 52.5 Å². The summed E-state index contributed by atoms with van der Waals surface area (Å²) in [5.41, 5.74) is 4.48. The van der Waals surface area contributed by atoms with E-state index in [4.69, 9.17) is 4.74 Å². The Kier molecular flexibility index (Phi) is 5.73. The van der Waals surface area contributed by atoms with Crippen molar-refractivity contribution in [1.82, 2.24) is 5.32 Å². The molecule has 0 aromatic heterocycles. The number of aryl methyl sites for hydroxylation is 1. The quantitative estimate of drug-likeness (QED) is 0.633. The minimum atomic E-state index is -0.970. The van der Waals surface area contributed by atoms with Crippen LogP contribution in [0.1, 0.15) is 57.2 Å². The molecule has 0 unspecified atom stereocenters. The van der Waals surface area contributed by atoms with Crippen molar-refractivity contribution in [3.8, 4) is 16.9 Å². The summed E-state index contributed by atoms with van der Waals surface area (Å²) in [6.07, 6.45) is 3.11. The normalized spacial score (nSPS) is 17.8. The molecular weight excluding hydrogens is 338 g/mol. The van der Waals surface area contributed by atoms with Crippen molar-refractivity contribution in [2.75, 3.05) is 6.61 Å². The molecule has 4 heteroatoms. The molecule has 144 valence electrons. The van der Waals surface area contributed by atoms with Crippen molar-refractivity contribution in [2.24, 2.45) is 5.41 Å². The van der Waals surface area contributed by atoms with Gasteiger partial charge >= 0.3 is 6.09 Å². The van der Waals surface area contributed by atoms with Crippen LogP contribution in [-0.4, -0.2) is 17.8 Å². The molecule has 0 saturated heterocycles. The molecule has 0 spiro atoms. The molecule has 2 N–H and O–H groups in total. The van der Waals surface area contributed by atoms with Gasteiger partial charge in [0.1, 0.15) is 5.75 Å². The zero-order valence-electron chi connectivity index (χ0n) is 16.4. The number of benzene rings is 2. The van der Waals surface area contributed by atoms with E-state index in [1.807, 2.05) is 12.1 Å². The fourth-order valence-corrected chi connectivity index (χ4v) is 3.80. The first-order chi connectivity index (χ1) is 12.9. The average molecular weight is 367 g/mol. The Morgan fingerprint density at radius 1 is 1.22 bits per heavy atom. The van der Waals surface area contributed by atoms with Crippen molar-refractivity contribution in [1.29, 1.82) is 0 Å². The standard InChI is InChI=1S/C23H29NO3/c1-4-5-13-27-19-8-6-7-16(15-19)17-9-10-20-18(14-17)11-12-23(2,3)21(20)24-22(25)26/h6-10,14-15,21,24H,4-5,11-13H2,1-3H3,(H,25,26)/t21-/m0/s1. The Morgan fingerprint density at radius 2 is 2.00 bits per heavy atom. The van der Waals surface area contributed by atoms with Crippen LogP contribution in [0.3, 0.4) is 0 Å². The highest BCUT2D eigenvalue weighted by atomic mass is 16.5. The topological polar surface area (TPSA) is 58.6 Å².